The predicted molar refractivity (Wildman–Crippen MR) is 128 cm³/mol. The van der Waals surface area contributed by atoms with Crippen molar-refractivity contribution in [2.45, 2.75) is 58.5 Å². The summed E-state index contributed by atoms with van der Waals surface area (Å²) >= 11 is 0. The summed E-state index contributed by atoms with van der Waals surface area (Å²) in [6.45, 7) is 4.12. The Balaban J connectivity index is 1.56. The topological polar surface area (TPSA) is 81.5 Å². The van der Waals surface area contributed by atoms with Gasteiger partial charge in [-0.3, -0.25) is 9.59 Å². The van der Waals surface area contributed by atoms with Crippen molar-refractivity contribution < 1.29 is 14.3 Å². The van der Waals surface area contributed by atoms with Gasteiger partial charge in [-0.05, 0) is 43.9 Å². The molecule has 1 unspecified atom stereocenters. The average molecular weight is 448 g/mol. The molecular formula is C26H29N3O4. The zero-order valence-electron chi connectivity index (χ0n) is 19.1. The fourth-order valence-electron chi connectivity index (χ4n) is 4.38. The Morgan fingerprint density at radius 2 is 1.79 bits per heavy atom. The molecule has 1 atom stereocenters. The van der Waals surface area contributed by atoms with Gasteiger partial charge in [0.2, 0.25) is 0 Å². The van der Waals surface area contributed by atoms with Crippen LogP contribution in [0, 0.1) is 0 Å². The molecule has 2 heterocycles. The van der Waals surface area contributed by atoms with E-state index in [-0.39, 0.29) is 29.8 Å². The second-order valence-corrected chi connectivity index (χ2v) is 8.49. The molecule has 1 aromatic heterocycles. The van der Waals surface area contributed by atoms with Gasteiger partial charge in [-0.15, -0.1) is 0 Å². The zero-order chi connectivity index (χ0) is 23.4. The largest absolute Gasteiger partial charge is 0.451 e. The number of ether oxygens (including phenoxy) is 1. The Bertz CT molecular complexity index is 1230. The summed E-state index contributed by atoms with van der Waals surface area (Å²) in [6, 6.07) is 14.7. The predicted octanol–water partition coefficient (Wildman–Crippen LogP) is 4.11. The molecule has 1 amide bonds. The monoisotopic (exact) mass is 447 g/mol. The number of nitrogens with zero attached hydrogens (tertiary/aromatic N) is 3. The SMILES string of the molecule is CCCCCn1nc(C(=O)OCC(=O)N2c3ccccc3CCC2C)c2ccccc2c1=O. The third-order valence-corrected chi connectivity index (χ3v) is 6.15. The molecule has 2 aromatic carbocycles. The molecule has 0 spiro atoms. The molecular weight excluding hydrogens is 418 g/mol. The summed E-state index contributed by atoms with van der Waals surface area (Å²) in [6.07, 6.45) is 4.53. The molecule has 4 rings (SSSR count). The Morgan fingerprint density at radius 1 is 1.06 bits per heavy atom. The van der Waals surface area contributed by atoms with Gasteiger partial charge in [-0.2, -0.15) is 5.10 Å². The van der Waals surface area contributed by atoms with E-state index in [0.29, 0.717) is 17.3 Å². The number of benzene rings is 2. The van der Waals surface area contributed by atoms with E-state index in [2.05, 4.69) is 12.0 Å². The van der Waals surface area contributed by atoms with Crippen molar-refractivity contribution in [2.24, 2.45) is 0 Å². The summed E-state index contributed by atoms with van der Waals surface area (Å²) in [5.74, 6) is -0.981. The molecule has 172 valence electrons. The summed E-state index contributed by atoms with van der Waals surface area (Å²) < 4.78 is 6.76. The number of amides is 1. The Kier molecular flexibility index (Phi) is 6.87. The van der Waals surface area contributed by atoms with Crippen LogP contribution in [0.15, 0.2) is 53.3 Å². The van der Waals surface area contributed by atoms with Gasteiger partial charge in [0.15, 0.2) is 12.3 Å². The highest BCUT2D eigenvalue weighted by atomic mass is 16.5. The van der Waals surface area contributed by atoms with Gasteiger partial charge in [-0.1, -0.05) is 56.2 Å². The number of hydrogen-bond donors (Lipinski definition) is 0. The molecule has 0 N–H and O–H groups in total. The standard InChI is InChI=1S/C26H29N3O4/c1-3-4-9-16-28-25(31)21-12-7-6-11-20(21)24(27-28)26(32)33-17-23(30)29-18(2)14-15-19-10-5-8-13-22(19)29/h5-8,10-13,18H,3-4,9,14-17H2,1-2H3. The van der Waals surface area contributed by atoms with Crippen molar-refractivity contribution in [2.75, 3.05) is 11.5 Å². The second-order valence-electron chi connectivity index (χ2n) is 8.49. The van der Waals surface area contributed by atoms with Crippen LogP contribution in [0.3, 0.4) is 0 Å². The van der Waals surface area contributed by atoms with E-state index in [1.807, 2.05) is 31.2 Å². The molecule has 0 aliphatic carbocycles. The van der Waals surface area contributed by atoms with E-state index in [9.17, 15) is 14.4 Å². The second kappa shape index (κ2) is 9.98. The lowest BCUT2D eigenvalue weighted by atomic mass is 9.96. The Labute approximate surface area is 193 Å². The van der Waals surface area contributed by atoms with E-state index in [0.717, 1.165) is 43.4 Å². The van der Waals surface area contributed by atoms with Crippen LogP contribution >= 0.6 is 0 Å². The number of aromatic nitrogens is 2. The number of rotatable bonds is 7. The fraction of sp³-hybridized carbons (Fsp3) is 0.385. The first-order valence-electron chi connectivity index (χ1n) is 11.6. The summed E-state index contributed by atoms with van der Waals surface area (Å²) in [5, 5.41) is 5.17. The van der Waals surface area contributed by atoms with Gasteiger partial charge in [0.05, 0.1) is 5.39 Å². The van der Waals surface area contributed by atoms with Crippen molar-refractivity contribution in [1.29, 1.82) is 0 Å². The highest BCUT2D eigenvalue weighted by Crippen LogP contribution is 2.30. The van der Waals surface area contributed by atoms with E-state index >= 15 is 0 Å². The molecule has 0 bridgehead atoms. The summed E-state index contributed by atoms with van der Waals surface area (Å²) in [4.78, 5) is 40.6. The first-order valence-corrected chi connectivity index (χ1v) is 11.6. The number of anilines is 1. The maximum Gasteiger partial charge on any atom is 0.359 e. The van der Waals surface area contributed by atoms with Crippen molar-refractivity contribution in [1.82, 2.24) is 9.78 Å². The van der Waals surface area contributed by atoms with E-state index in [1.165, 1.54) is 4.68 Å². The number of carbonyl (C=O) groups excluding carboxylic acids is 2. The van der Waals surface area contributed by atoms with Gasteiger partial charge < -0.3 is 9.64 Å². The Hall–Kier alpha value is -3.48. The number of para-hydroxylation sites is 1. The first-order chi connectivity index (χ1) is 16.0. The lowest BCUT2D eigenvalue weighted by Gasteiger charge is -2.35. The summed E-state index contributed by atoms with van der Waals surface area (Å²) in [7, 11) is 0. The normalized spacial score (nSPS) is 15.3. The van der Waals surface area contributed by atoms with Gasteiger partial charge in [0.25, 0.3) is 11.5 Å². The van der Waals surface area contributed by atoms with Crippen LogP contribution in [0.25, 0.3) is 10.8 Å². The van der Waals surface area contributed by atoms with Crippen LogP contribution in [0.1, 0.15) is 55.6 Å². The number of aryl methyl sites for hydroxylation is 2. The lowest BCUT2D eigenvalue weighted by molar-refractivity contribution is -0.122. The van der Waals surface area contributed by atoms with Crippen molar-refractivity contribution in [3.05, 3.63) is 70.1 Å². The van der Waals surface area contributed by atoms with Crippen LogP contribution in [0.4, 0.5) is 5.69 Å². The van der Waals surface area contributed by atoms with Crippen LogP contribution in [0.2, 0.25) is 0 Å². The highest BCUT2D eigenvalue weighted by molar-refractivity contribution is 6.03. The molecule has 1 aliphatic rings. The van der Waals surface area contributed by atoms with Gasteiger partial charge in [-0.25, -0.2) is 9.48 Å². The molecule has 1 aliphatic heterocycles. The number of unbranched alkanes of at least 4 members (excludes halogenated alkanes) is 2. The van der Waals surface area contributed by atoms with Crippen molar-refractivity contribution in [3.63, 3.8) is 0 Å². The van der Waals surface area contributed by atoms with Crippen LogP contribution < -0.4 is 10.5 Å². The molecule has 0 saturated carbocycles. The molecule has 33 heavy (non-hydrogen) atoms. The van der Waals surface area contributed by atoms with E-state index in [1.54, 1.807) is 29.2 Å². The smallest absolute Gasteiger partial charge is 0.359 e. The minimum atomic E-state index is -0.707. The van der Waals surface area contributed by atoms with Crippen LogP contribution in [-0.4, -0.2) is 34.3 Å². The molecule has 7 heteroatoms. The summed E-state index contributed by atoms with van der Waals surface area (Å²) in [5.41, 5.74) is 1.81. The molecule has 0 saturated heterocycles. The quantitative estimate of drug-likeness (QED) is 0.402. The minimum absolute atomic E-state index is 0.0190. The minimum Gasteiger partial charge on any atom is -0.451 e. The molecule has 7 nitrogen and oxygen atoms in total. The van der Waals surface area contributed by atoms with Crippen molar-refractivity contribution in [3.8, 4) is 0 Å². The van der Waals surface area contributed by atoms with E-state index in [4.69, 9.17) is 4.74 Å². The molecule has 0 fully saturated rings. The maximum absolute atomic E-state index is 13.0. The van der Waals surface area contributed by atoms with Crippen LogP contribution in [-0.2, 0) is 22.5 Å². The highest BCUT2D eigenvalue weighted by Gasteiger charge is 2.29. The maximum atomic E-state index is 13.0. The molecule has 0 radical (unpaired) electrons. The third kappa shape index (κ3) is 4.67. The van der Waals surface area contributed by atoms with E-state index < -0.39 is 5.97 Å². The van der Waals surface area contributed by atoms with Gasteiger partial charge in [0, 0.05) is 23.7 Å². The lowest BCUT2D eigenvalue weighted by Crippen LogP contribution is -2.44. The fourth-order valence-corrected chi connectivity index (χ4v) is 4.38. The van der Waals surface area contributed by atoms with Gasteiger partial charge >= 0.3 is 5.97 Å². The number of esters is 1. The number of hydrogen-bond acceptors (Lipinski definition) is 5. The van der Waals surface area contributed by atoms with Crippen molar-refractivity contribution >= 4 is 28.3 Å². The zero-order valence-corrected chi connectivity index (χ0v) is 19.1. The number of carbonyl (C=O) groups is 2. The molecule has 3 aromatic rings. The van der Waals surface area contributed by atoms with Gasteiger partial charge in [0.1, 0.15) is 0 Å². The third-order valence-electron chi connectivity index (χ3n) is 6.15. The average Bonchev–Trinajstić information content (AvgIpc) is 2.84. The Morgan fingerprint density at radius 3 is 2.58 bits per heavy atom. The van der Waals surface area contributed by atoms with Crippen LogP contribution in [0.5, 0.6) is 0 Å². The first kappa shape index (κ1) is 22.7. The number of fused-ring (bicyclic) bond motifs is 2.